The van der Waals surface area contributed by atoms with E-state index in [0.29, 0.717) is 12.8 Å². The Bertz CT molecular complexity index is 547. The minimum Gasteiger partial charge on any atom is -0.393 e. The van der Waals surface area contributed by atoms with Crippen LogP contribution in [0.5, 0.6) is 0 Å². The minimum absolute atomic E-state index is 0.0244. The maximum absolute atomic E-state index is 12.6. The molecule has 3 rings (SSSR count). The highest BCUT2D eigenvalue weighted by atomic mass is 32.1. The molecule has 2 fully saturated rings. The van der Waals surface area contributed by atoms with Gasteiger partial charge in [-0.2, -0.15) is 0 Å². The third-order valence-corrected chi connectivity index (χ3v) is 6.29. The fourth-order valence-electron chi connectivity index (χ4n) is 3.91. The summed E-state index contributed by atoms with van der Waals surface area (Å²) in [5, 5.41) is 9.98. The number of methoxy groups -OCH3 is 1. The zero-order valence-corrected chi connectivity index (χ0v) is 14.1. The number of carbonyl (C=O) groups excluding carboxylic acids is 1. The molecule has 1 aromatic rings. The van der Waals surface area contributed by atoms with Crippen LogP contribution in [0.2, 0.25) is 0 Å². The summed E-state index contributed by atoms with van der Waals surface area (Å²) in [6.07, 6.45) is 4.08. The molecule has 1 aliphatic heterocycles. The van der Waals surface area contributed by atoms with Crippen molar-refractivity contribution in [3.8, 4) is 0 Å². The number of aromatic nitrogens is 1. The first kappa shape index (κ1) is 15.9. The molecule has 5 nitrogen and oxygen atoms in total. The van der Waals surface area contributed by atoms with Crippen LogP contribution in [0.1, 0.15) is 42.7 Å². The molecule has 1 aromatic heterocycles. The number of thiazole rings is 1. The van der Waals surface area contributed by atoms with E-state index in [1.807, 2.05) is 17.3 Å². The minimum atomic E-state index is -0.314. The van der Waals surface area contributed by atoms with Crippen LogP contribution in [0.3, 0.4) is 0 Å². The molecule has 122 valence electrons. The Kier molecular flexibility index (Phi) is 4.52. The molecule has 6 heteroatoms. The molecule has 1 N–H and O–H groups in total. The molecule has 1 aliphatic carbocycles. The van der Waals surface area contributed by atoms with E-state index < -0.39 is 0 Å². The van der Waals surface area contributed by atoms with Crippen molar-refractivity contribution in [3.05, 3.63) is 16.1 Å². The summed E-state index contributed by atoms with van der Waals surface area (Å²) in [5.74, 6) is 0.172. The van der Waals surface area contributed by atoms with Gasteiger partial charge in [-0.05, 0) is 39.0 Å². The number of likely N-dealkylation sites (tertiary alicyclic amines) is 1. The maximum Gasteiger partial charge on any atom is 0.223 e. The number of aliphatic hydroxyl groups is 1. The van der Waals surface area contributed by atoms with Crippen molar-refractivity contribution in [2.75, 3.05) is 13.7 Å². The Morgan fingerprint density at radius 2 is 2.41 bits per heavy atom. The van der Waals surface area contributed by atoms with Crippen LogP contribution >= 0.6 is 11.3 Å². The second-order valence-corrected chi connectivity index (χ2v) is 7.35. The van der Waals surface area contributed by atoms with Crippen LogP contribution in [0.15, 0.2) is 5.51 Å². The molecular weight excluding hydrogens is 300 g/mol. The van der Waals surface area contributed by atoms with Gasteiger partial charge in [-0.25, -0.2) is 4.98 Å². The van der Waals surface area contributed by atoms with Gasteiger partial charge >= 0.3 is 0 Å². The normalized spacial score (nSPS) is 31.3. The average Bonchev–Trinajstić information content (AvgIpc) is 3.09. The highest BCUT2D eigenvalue weighted by molar-refractivity contribution is 7.09. The fourth-order valence-corrected chi connectivity index (χ4v) is 4.69. The van der Waals surface area contributed by atoms with Gasteiger partial charge in [0.05, 0.1) is 29.0 Å². The van der Waals surface area contributed by atoms with Crippen LogP contribution in [0.4, 0.5) is 0 Å². The first-order valence-corrected chi connectivity index (χ1v) is 8.85. The van der Waals surface area contributed by atoms with Crippen molar-refractivity contribution in [2.24, 2.45) is 0 Å². The van der Waals surface area contributed by atoms with E-state index in [1.54, 1.807) is 18.4 Å². The number of fused-ring (bicyclic) bond motifs is 1. The van der Waals surface area contributed by atoms with Crippen LogP contribution in [-0.2, 0) is 16.0 Å². The van der Waals surface area contributed by atoms with Gasteiger partial charge in [0, 0.05) is 25.0 Å². The number of nitrogens with zero attached hydrogens (tertiary/aromatic N) is 2. The van der Waals surface area contributed by atoms with Gasteiger partial charge in [0.1, 0.15) is 0 Å². The molecule has 1 saturated heterocycles. The molecule has 0 bridgehead atoms. The summed E-state index contributed by atoms with van der Waals surface area (Å²) in [5.41, 5.74) is 2.62. The lowest BCUT2D eigenvalue weighted by Crippen LogP contribution is -2.52. The summed E-state index contributed by atoms with van der Waals surface area (Å²) >= 11 is 1.61. The quantitative estimate of drug-likeness (QED) is 0.919. The highest BCUT2D eigenvalue weighted by Gasteiger charge is 2.52. The molecule has 1 amide bonds. The molecule has 3 atom stereocenters. The lowest BCUT2D eigenvalue weighted by molar-refractivity contribution is -0.139. The molecule has 0 aromatic carbocycles. The van der Waals surface area contributed by atoms with Gasteiger partial charge < -0.3 is 14.7 Å². The van der Waals surface area contributed by atoms with Crippen molar-refractivity contribution in [1.29, 1.82) is 0 Å². The Labute approximate surface area is 135 Å². The number of aliphatic hydroxyl groups excluding tert-OH is 1. The molecule has 0 unspecified atom stereocenters. The van der Waals surface area contributed by atoms with Crippen molar-refractivity contribution in [1.82, 2.24) is 9.88 Å². The van der Waals surface area contributed by atoms with Gasteiger partial charge in [0.2, 0.25) is 5.91 Å². The highest BCUT2D eigenvalue weighted by Crippen LogP contribution is 2.42. The Morgan fingerprint density at radius 3 is 3.09 bits per heavy atom. The third kappa shape index (κ3) is 2.79. The zero-order chi connectivity index (χ0) is 15.7. The van der Waals surface area contributed by atoms with Gasteiger partial charge in [-0.3, -0.25) is 4.79 Å². The fraction of sp³-hybridized carbons (Fsp3) is 0.750. The van der Waals surface area contributed by atoms with E-state index in [-0.39, 0.29) is 23.7 Å². The van der Waals surface area contributed by atoms with Crippen LogP contribution in [0, 0.1) is 6.92 Å². The topological polar surface area (TPSA) is 62.7 Å². The van der Waals surface area contributed by atoms with E-state index in [1.165, 1.54) is 4.88 Å². The van der Waals surface area contributed by atoms with E-state index in [9.17, 15) is 9.90 Å². The number of hydrogen-bond donors (Lipinski definition) is 1. The maximum atomic E-state index is 12.6. The lowest BCUT2D eigenvalue weighted by atomic mass is 9.79. The van der Waals surface area contributed by atoms with E-state index in [2.05, 4.69) is 4.98 Å². The van der Waals surface area contributed by atoms with Gasteiger partial charge in [-0.15, -0.1) is 11.3 Å². The van der Waals surface area contributed by atoms with Crippen molar-refractivity contribution < 1.29 is 14.6 Å². The summed E-state index contributed by atoms with van der Waals surface area (Å²) < 4.78 is 5.79. The number of amides is 1. The van der Waals surface area contributed by atoms with Gasteiger partial charge in [-0.1, -0.05) is 0 Å². The van der Waals surface area contributed by atoms with Crippen LogP contribution in [0.25, 0.3) is 0 Å². The monoisotopic (exact) mass is 324 g/mol. The second kappa shape index (κ2) is 6.26. The largest absolute Gasteiger partial charge is 0.393 e. The smallest absolute Gasteiger partial charge is 0.223 e. The molecule has 0 radical (unpaired) electrons. The van der Waals surface area contributed by atoms with E-state index >= 15 is 0 Å². The van der Waals surface area contributed by atoms with Crippen molar-refractivity contribution >= 4 is 17.2 Å². The predicted molar refractivity (Wildman–Crippen MR) is 84.9 cm³/mol. The second-order valence-electron chi connectivity index (χ2n) is 6.41. The van der Waals surface area contributed by atoms with E-state index in [4.69, 9.17) is 4.74 Å². The number of aryl methyl sites for hydroxylation is 2. The third-order valence-electron chi connectivity index (χ3n) is 5.29. The number of rotatable bonds is 4. The first-order chi connectivity index (χ1) is 10.6. The van der Waals surface area contributed by atoms with Crippen LogP contribution < -0.4 is 0 Å². The molecular formula is C16H24N2O3S. The molecule has 0 spiro atoms. The number of carbonyl (C=O) groups is 1. The van der Waals surface area contributed by atoms with Crippen molar-refractivity contribution in [2.45, 2.75) is 63.2 Å². The predicted octanol–water partition coefficient (Wildman–Crippen LogP) is 1.92. The van der Waals surface area contributed by atoms with E-state index in [0.717, 1.165) is 37.9 Å². The zero-order valence-electron chi connectivity index (χ0n) is 13.2. The Balaban J connectivity index is 1.66. The molecule has 2 heterocycles. The van der Waals surface area contributed by atoms with Crippen LogP contribution in [-0.4, -0.2) is 52.3 Å². The average molecular weight is 324 g/mol. The Morgan fingerprint density at radius 1 is 1.59 bits per heavy atom. The summed E-state index contributed by atoms with van der Waals surface area (Å²) in [6, 6.07) is 0.0244. The van der Waals surface area contributed by atoms with Gasteiger partial charge in [0.15, 0.2) is 0 Å². The number of hydrogen-bond acceptors (Lipinski definition) is 5. The lowest BCUT2D eigenvalue weighted by Gasteiger charge is -2.42. The SMILES string of the molecule is CO[C@@]12CC[C@@H](O)C[C@@H]1N(C(=O)CCc1scnc1C)CC2. The van der Waals surface area contributed by atoms with Crippen molar-refractivity contribution in [3.63, 3.8) is 0 Å². The molecule has 1 saturated carbocycles. The Hall–Kier alpha value is -0.980. The van der Waals surface area contributed by atoms with Gasteiger partial charge in [0.25, 0.3) is 0 Å². The standard InChI is InChI=1S/C16H24N2O3S/c1-11-13(22-10-17-11)3-4-15(20)18-8-7-16(21-2)6-5-12(19)9-14(16)18/h10,12,14,19H,3-9H2,1-2H3/t12-,14+,16-/m1/s1. The first-order valence-electron chi connectivity index (χ1n) is 7.97. The summed E-state index contributed by atoms with van der Waals surface area (Å²) in [7, 11) is 1.74. The summed E-state index contributed by atoms with van der Waals surface area (Å²) in [4.78, 5) is 20.0. The molecule has 2 aliphatic rings. The number of ether oxygens (including phenoxy) is 1. The summed E-state index contributed by atoms with van der Waals surface area (Å²) in [6.45, 7) is 2.73. The molecule has 22 heavy (non-hydrogen) atoms.